The van der Waals surface area contributed by atoms with E-state index in [1.165, 1.54) is 32.4 Å². The number of rotatable bonds is 6. The topological polar surface area (TPSA) is 84.9 Å². The lowest BCUT2D eigenvalue weighted by atomic mass is 9.85. The van der Waals surface area contributed by atoms with Gasteiger partial charge in [-0.2, -0.15) is 0 Å². The van der Waals surface area contributed by atoms with Crippen LogP contribution in [-0.4, -0.2) is 31.9 Å². The Kier molecular flexibility index (Phi) is 7.44. The Balaban J connectivity index is 1.70. The highest BCUT2D eigenvalue weighted by molar-refractivity contribution is 6.06. The number of carbonyl (C=O) groups is 3. The summed E-state index contributed by atoms with van der Waals surface area (Å²) < 4.78 is 23.3. The van der Waals surface area contributed by atoms with Gasteiger partial charge < -0.3 is 19.7 Å². The van der Waals surface area contributed by atoms with Gasteiger partial charge in [-0.25, -0.2) is 14.0 Å². The van der Waals surface area contributed by atoms with Crippen molar-refractivity contribution in [2.75, 3.05) is 24.4 Å². The lowest BCUT2D eigenvalue weighted by molar-refractivity contribution is -0.139. The van der Waals surface area contributed by atoms with E-state index < -0.39 is 11.9 Å². The molecule has 0 fully saturated rings. The summed E-state index contributed by atoms with van der Waals surface area (Å²) in [5.74, 6) is -1.88. The lowest BCUT2D eigenvalue weighted by Crippen LogP contribution is -2.27. The average Bonchev–Trinajstić information content (AvgIpc) is 3.11. The van der Waals surface area contributed by atoms with Crippen LogP contribution in [0.15, 0.2) is 96.0 Å². The molecule has 0 spiro atoms. The van der Waals surface area contributed by atoms with E-state index >= 15 is 0 Å². The summed E-state index contributed by atoms with van der Waals surface area (Å²) in [6.07, 6.45) is 8.87. The predicted octanol–water partition coefficient (Wildman–Crippen LogP) is 4.76. The van der Waals surface area contributed by atoms with Crippen molar-refractivity contribution in [3.05, 3.63) is 107 Å². The molecule has 4 rings (SSSR count). The van der Waals surface area contributed by atoms with Gasteiger partial charge in [-0.1, -0.05) is 30.3 Å². The Hall–Kier alpha value is -4.46. The fraction of sp³-hybridized carbons (Fsp3) is 0.179. The summed E-state index contributed by atoms with van der Waals surface area (Å²) in [5, 5.41) is 3.32. The molecule has 0 saturated heterocycles. The molecule has 1 atom stereocenters. The minimum atomic E-state index is -0.718. The number of methoxy groups -OCH3 is 2. The molecule has 1 N–H and O–H groups in total. The predicted molar refractivity (Wildman–Crippen MR) is 133 cm³/mol. The molecule has 0 radical (unpaired) electrons. The quantitative estimate of drug-likeness (QED) is 0.587. The first-order valence-electron chi connectivity index (χ1n) is 11.3. The van der Waals surface area contributed by atoms with Gasteiger partial charge in [0.05, 0.1) is 31.2 Å². The zero-order chi connectivity index (χ0) is 25.7. The minimum absolute atomic E-state index is 0.0125. The maximum absolute atomic E-state index is 13.4. The first kappa shape index (κ1) is 24.7. The second-order valence-corrected chi connectivity index (χ2v) is 8.25. The van der Waals surface area contributed by atoms with Crippen molar-refractivity contribution in [2.45, 2.75) is 18.8 Å². The SMILES string of the molecule is COC(=O)C1=C(C(=O)OC)N(c2ccccc2NC2=CC(=O)CC(c3ccc(F)cc3)C2)C=CC=C1. The number of ether oxygens (including phenoxy) is 2. The van der Waals surface area contributed by atoms with E-state index in [0.717, 1.165) is 5.56 Å². The number of carbonyl (C=O) groups excluding carboxylic acids is 3. The Morgan fingerprint density at radius 3 is 2.42 bits per heavy atom. The maximum Gasteiger partial charge on any atom is 0.355 e. The van der Waals surface area contributed by atoms with E-state index in [2.05, 4.69) is 5.32 Å². The van der Waals surface area contributed by atoms with Crippen molar-refractivity contribution in [2.24, 2.45) is 0 Å². The van der Waals surface area contributed by atoms with E-state index in [1.54, 1.807) is 59.7 Å². The molecular weight excluding hydrogens is 463 g/mol. The van der Waals surface area contributed by atoms with E-state index in [4.69, 9.17) is 9.47 Å². The number of hydrogen-bond acceptors (Lipinski definition) is 7. The number of anilines is 2. The second-order valence-electron chi connectivity index (χ2n) is 8.25. The molecule has 0 amide bonds. The van der Waals surface area contributed by atoms with Gasteiger partial charge >= 0.3 is 11.9 Å². The molecule has 36 heavy (non-hydrogen) atoms. The van der Waals surface area contributed by atoms with Crippen LogP contribution in [0.5, 0.6) is 0 Å². The van der Waals surface area contributed by atoms with Gasteiger partial charge in [-0.05, 0) is 54.3 Å². The van der Waals surface area contributed by atoms with Crippen LogP contribution in [0.4, 0.5) is 15.8 Å². The molecule has 1 unspecified atom stereocenters. The average molecular weight is 489 g/mol. The zero-order valence-corrected chi connectivity index (χ0v) is 19.9. The molecule has 2 aromatic rings. The van der Waals surface area contributed by atoms with Gasteiger partial charge in [0, 0.05) is 24.4 Å². The molecule has 1 aliphatic heterocycles. The molecule has 1 aliphatic carbocycles. The molecular formula is C28H25FN2O5. The van der Waals surface area contributed by atoms with Gasteiger partial charge in [0.2, 0.25) is 0 Å². The van der Waals surface area contributed by atoms with Crippen LogP contribution in [0.1, 0.15) is 24.3 Å². The van der Waals surface area contributed by atoms with Gasteiger partial charge in [0.1, 0.15) is 11.5 Å². The number of allylic oxidation sites excluding steroid dienone is 4. The largest absolute Gasteiger partial charge is 0.465 e. The summed E-state index contributed by atoms with van der Waals surface area (Å²) in [4.78, 5) is 39.4. The van der Waals surface area contributed by atoms with E-state index in [0.29, 0.717) is 29.9 Å². The van der Waals surface area contributed by atoms with Gasteiger partial charge in [-0.15, -0.1) is 0 Å². The van der Waals surface area contributed by atoms with Gasteiger partial charge in [0.15, 0.2) is 5.78 Å². The van der Waals surface area contributed by atoms with Crippen LogP contribution in [-0.2, 0) is 23.9 Å². The number of benzene rings is 2. The Morgan fingerprint density at radius 2 is 1.69 bits per heavy atom. The first-order chi connectivity index (χ1) is 17.4. The standard InChI is InChI=1S/C28H25FN2O5/c1-35-27(33)23-7-5-6-14-31(26(23)28(34)36-2)25-9-4-3-8-24(25)30-21-15-19(16-22(32)17-21)18-10-12-20(29)13-11-18/h3-14,17,19,30H,15-16H2,1-2H3. The molecule has 0 saturated carbocycles. The van der Waals surface area contributed by atoms with E-state index in [-0.39, 0.29) is 28.8 Å². The third-order valence-corrected chi connectivity index (χ3v) is 5.94. The number of nitrogens with zero attached hydrogens (tertiary/aromatic N) is 1. The number of ketones is 1. The lowest BCUT2D eigenvalue weighted by Gasteiger charge is -2.28. The fourth-order valence-corrected chi connectivity index (χ4v) is 4.26. The summed E-state index contributed by atoms with van der Waals surface area (Å²) in [6, 6.07) is 13.4. The van der Waals surface area contributed by atoms with Gasteiger partial charge in [0.25, 0.3) is 0 Å². The summed E-state index contributed by atoms with van der Waals surface area (Å²) in [6.45, 7) is 0. The molecule has 0 aromatic heterocycles. The van der Waals surface area contributed by atoms with Crippen LogP contribution in [0, 0.1) is 5.82 Å². The zero-order valence-electron chi connectivity index (χ0n) is 19.9. The summed E-state index contributed by atoms with van der Waals surface area (Å²) >= 11 is 0. The van der Waals surface area contributed by atoms with Crippen LogP contribution in [0.25, 0.3) is 0 Å². The molecule has 184 valence electrons. The molecule has 0 bridgehead atoms. The number of nitrogens with one attached hydrogen (secondary N) is 1. The van der Waals surface area contributed by atoms with Crippen molar-refractivity contribution in [1.29, 1.82) is 0 Å². The maximum atomic E-state index is 13.4. The smallest absolute Gasteiger partial charge is 0.355 e. The molecule has 1 heterocycles. The summed E-state index contributed by atoms with van der Waals surface area (Å²) in [7, 11) is 2.47. The summed E-state index contributed by atoms with van der Waals surface area (Å²) in [5.41, 5.74) is 2.74. The van der Waals surface area contributed by atoms with Crippen molar-refractivity contribution in [1.82, 2.24) is 0 Å². The van der Waals surface area contributed by atoms with Crippen molar-refractivity contribution >= 4 is 29.1 Å². The Morgan fingerprint density at radius 1 is 0.972 bits per heavy atom. The number of halogens is 1. The first-order valence-corrected chi connectivity index (χ1v) is 11.3. The highest BCUT2D eigenvalue weighted by Crippen LogP contribution is 2.36. The second kappa shape index (κ2) is 10.9. The van der Waals surface area contributed by atoms with E-state index in [1.807, 2.05) is 6.07 Å². The van der Waals surface area contributed by atoms with Crippen molar-refractivity contribution in [3.8, 4) is 0 Å². The number of esters is 2. The third kappa shape index (κ3) is 5.27. The molecule has 2 aromatic carbocycles. The fourth-order valence-electron chi connectivity index (χ4n) is 4.26. The number of hydrogen-bond donors (Lipinski definition) is 1. The highest BCUT2D eigenvalue weighted by atomic mass is 19.1. The number of para-hydroxylation sites is 2. The third-order valence-electron chi connectivity index (χ3n) is 5.94. The Bertz CT molecular complexity index is 1310. The van der Waals surface area contributed by atoms with Crippen LogP contribution in [0.3, 0.4) is 0 Å². The molecule has 2 aliphatic rings. The van der Waals surface area contributed by atoms with Crippen LogP contribution in [0.2, 0.25) is 0 Å². The van der Waals surface area contributed by atoms with E-state index in [9.17, 15) is 18.8 Å². The van der Waals surface area contributed by atoms with Crippen LogP contribution < -0.4 is 10.2 Å². The Labute approximate surface area is 208 Å². The normalized spacial score (nSPS) is 17.4. The molecule has 7 nitrogen and oxygen atoms in total. The minimum Gasteiger partial charge on any atom is -0.465 e. The van der Waals surface area contributed by atoms with Crippen molar-refractivity contribution < 1.29 is 28.2 Å². The van der Waals surface area contributed by atoms with Gasteiger partial charge in [-0.3, -0.25) is 4.79 Å². The van der Waals surface area contributed by atoms with Crippen LogP contribution >= 0.6 is 0 Å². The highest BCUT2D eigenvalue weighted by Gasteiger charge is 2.29. The molecule has 8 heteroatoms. The van der Waals surface area contributed by atoms with Crippen molar-refractivity contribution in [3.63, 3.8) is 0 Å². The monoisotopic (exact) mass is 488 g/mol.